The molecule has 0 aromatic heterocycles. The summed E-state index contributed by atoms with van der Waals surface area (Å²) in [5.74, 6) is -1.53. The Labute approximate surface area is 83.2 Å². The molecule has 1 aliphatic rings. The van der Waals surface area contributed by atoms with Crippen LogP contribution in [0.15, 0.2) is 12.1 Å². The molecule has 2 bridgehead atoms. The van der Waals surface area contributed by atoms with Gasteiger partial charge in [-0.3, -0.25) is 0 Å². The first kappa shape index (κ1) is 8.53. The fourth-order valence-electron chi connectivity index (χ4n) is 1.09. The molecule has 0 aliphatic carbocycles. The van der Waals surface area contributed by atoms with Gasteiger partial charge < -0.3 is 4.74 Å². The zero-order chi connectivity index (χ0) is 9.59. The third-order valence-electron chi connectivity index (χ3n) is 1.70. The van der Waals surface area contributed by atoms with Crippen LogP contribution < -0.4 is 0 Å². The first-order valence-electron chi connectivity index (χ1n) is 3.36. The lowest BCUT2D eigenvalue weighted by Gasteiger charge is -2.14. The Kier molecular flexibility index (Phi) is 1.78. The van der Waals surface area contributed by atoms with Gasteiger partial charge in [0.2, 0.25) is 0 Å². The average molecular weight is 217 g/mol. The summed E-state index contributed by atoms with van der Waals surface area (Å²) < 4.78 is 4.38. The predicted molar refractivity (Wildman–Crippen MR) is 46.2 cm³/mol. The summed E-state index contributed by atoms with van der Waals surface area (Å²) >= 11 is 11.4. The van der Waals surface area contributed by atoms with Crippen molar-refractivity contribution in [2.45, 2.75) is 0 Å². The Bertz CT molecular complexity index is 426. The summed E-state index contributed by atoms with van der Waals surface area (Å²) in [6.07, 6.45) is 0. The zero-order valence-electron chi connectivity index (χ0n) is 6.14. The van der Waals surface area contributed by atoms with Gasteiger partial charge in [0, 0.05) is 0 Å². The van der Waals surface area contributed by atoms with Crippen LogP contribution in [0.25, 0.3) is 0 Å². The molecule has 0 N–H and O–H groups in total. The Morgan fingerprint density at radius 3 is 2.46 bits per heavy atom. The van der Waals surface area contributed by atoms with Crippen molar-refractivity contribution >= 4 is 35.1 Å². The lowest BCUT2D eigenvalue weighted by atomic mass is 10.1. The third-order valence-corrected chi connectivity index (χ3v) is 2.41. The van der Waals surface area contributed by atoms with Gasteiger partial charge in [0.1, 0.15) is 0 Å². The summed E-state index contributed by atoms with van der Waals surface area (Å²) in [6, 6.07) is 2.86. The van der Waals surface area contributed by atoms with Gasteiger partial charge in [0.15, 0.2) is 0 Å². The molecule has 0 saturated carbocycles. The summed E-state index contributed by atoms with van der Waals surface area (Å²) in [6.45, 7) is 0. The summed E-state index contributed by atoms with van der Waals surface area (Å²) in [7, 11) is 0. The molecule has 0 spiro atoms. The average Bonchev–Trinajstić information content (AvgIpc) is 2.01. The first-order chi connectivity index (χ1) is 6.11. The molecule has 1 aliphatic heterocycles. The molecule has 0 fully saturated rings. The second kappa shape index (κ2) is 2.72. The van der Waals surface area contributed by atoms with Crippen LogP contribution in [0, 0.1) is 0 Å². The molecule has 0 unspecified atom stereocenters. The van der Waals surface area contributed by atoms with Crippen molar-refractivity contribution in [1.82, 2.24) is 0 Å². The highest BCUT2D eigenvalue weighted by Crippen LogP contribution is 2.32. The Hall–Kier alpha value is -1.06. The number of rotatable bonds is 0. The maximum Gasteiger partial charge on any atom is 0.349 e. The highest BCUT2D eigenvalue weighted by Gasteiger charge is 2.30. The van der Waals surface area contributed by atoms with Crippen LogP contribution in [-0.4, -0.2) is 11.9 Å². The van der Waals surface area contributed by atoms with Gasteiger partial charge >= 0.3 is 11.9 Å². The Morgan fingerprint density at radius 2 is 1.77 bits per heavy atom. The second-order valence-corrected chi connectivity index (χ2v) is 3.25. The van der Waals surface area contributed by atoms with Crippen LogP contribution in [0.5, 0.6) is 0 Å². The number of ether oxygens (including phenoxy) is 1. The minimum absolute atomic E-state index is 0.0560. The van der Waals surface area contributed by atoms with Crippen molar-refractivity contribution < 1.29 is 14.3 Å². The van der Waals surface area contributed by atoms with E-state index in [9.17, 15) is 9.59 Å². The molecule has 66 valence electrons. The van der Waals surface area contributed by atoms with Gasteiger partial charge in [-0.05, 0) is 12.1 Å². The van der Waals surface area contributed by atoms with E-state index in [0.717, 1.165) is 0 Å². The van der Waals surface area contributed by atoms with Gasteiger partial charge in [0.25, 0.3) is 0 Å². The second-order valence-electron chi connectivity index (χ2n) is 2.46. The molecule has 0 radical (unpaired) electrons. The number of hydrogen-bond acceptors (Lipinski definition) is 3. The number of fused-ring (bicyclic) bond motifs is 2. The molecule has 1 aromatic rings. The molecule has 0 amide bonds. The van der Waals surface area contributed by atoms with Crippen LogP contribution in [0.3, 0.4) is 0 Å². The number of benzene rings is 1. The quantitative estimate of drug-likeness (QED) is 0.494. The lowest BCUT2D eigenvalue weighted by Crippen LogP contribution is -2.20. The van der Waals surface area contributed by atoms with Crippen LogP contribution in [-0.2, 0) is 4.74 Å². The highest BCUT2D eigenvalue weighted by atomic mass is 35.5. The number of carbonyl (C=O) groups excluding carboxylic acids is 2. The molecule has 0 atom stereocenters. The van der Waals surface area contributed by atoms with E-state index in [2.05, 4.69) is 4.74 Å². The SMILES string of the molecule is O=C1OC(=O)c2c(Cl)ccc1c2Cl. The molecule has 5 heteroatoms. The van der Waals surface area contributed by atoms with Crippen molar-refractivity contribution in [3.8, 4) is 0 Å². The van der Waals surface area contributed by atoms with Crippen LogP contribution >= 0.6 is 23.2 Å². The van der Waals surface area contributed by atoms with E-state index in [1.54, 1.807) is 0 Å². The van der Waals surface area contributed by atoms with Gasteiger partial charge in [0.05, 0.1) is 21.2 Å². The van der Waals surface area contributed by atoms with Crippen molar-refractivity contribution in [2.75, 3.05) is 0 Å². The number of cyclic esters (lactones) is 2. The van der Waals surface area contributed by atoms with Crippen molar-refractivity contribution in [3.05, 3.63) is 33.3 Å². The zero-order valence-corrected chi connectivity index (χ0v) is 7.65. The normalized spacial score (nSPS) is 14.3. The molecular formula is C8H2Cl2O3. The van der Waals surface area contributed by atoms with E-state index < -0.39 is 11.9 Å². The predicted octanol–water partition coefficient (Wildman–Crippen LogP) is 2.30. The number of hydrogen-bond donors (Lipinski definition) is 0. The smallest absolute Gasteiger partial charge is 0.349 e. The number of esters is 2. The van der Waals surface area contributed by atoms with Crippen molar-refractivity contribution in [1.29, 1.82) is 0 Å². The summed E-state index contributed by atoms with van der Waals surface area (Å²) in [5.41, 5.74) is 0.223. The number of carbonyl (C=O) groups is 2. The van der Waals surface area contributed by atoms with Gasteiger partial charge in [-0.2, -0.15) is 0 Å². The fourth-order valence-corrected chi connectivity index (χ4v) is 1.69. The molecule has 3 nitrogen and oxygen atoms in total. The Morgan fingerprint density at radius 1 is 1.08 bits per heavy atom. The summed E-state index contributed by atoms with van der Waals surface area (Å²) in [4.78, 5) is 22.1. The van der Waals surface area contributed by atoms with Crippen LogP contribution in [0.4, 0.5) is 0 Å². The molecule has 0 saturated heterocycles. The standard InChI is InChI=1S/C8H2Cl2O3/c9-4-2-1-3-6(10)5(4)8(12)13-7(3)11/h1-2H. The molecule has 13 heavy (non-hydrogen) atoms. The minimum Gasteiger partial charge on any atom is -0.386 e. The fraction of sp³-hybridized carbons (Fsp3) is 0. The van der Waals surface area contributed by atoms with Crippen LogP contribution in [0.2, 0.25) is 10.0 Å². The minimum atomic E-state index is -0.798. The largest absolute Gasteiger partial charge is 0.386 e. The van der Waals surface area contributed by atoms with Gasteiger partial charge in [-0.1, -0.05) is 23.2 Å². The highest BCUT2D eigenvalue weighted by molar-refractivity contribution is 6.42. The van der Waals surface area contributed by atoms with Gasteiger partial charge in [-0.15, -0.1) is 0 Å². The number of halogens is 2. The van der Waals surface area contributed by atoms with E-state index in [0.29, 0.717) is 0 Å². The third kappa shape index (κ3) is 1.12. The van der Waals surface area contributed by atoms with E-state index in [1.807, 2.05) is 0 Å². The first-order valence-corrected chi connectivity index (χ1v) is 4.11. The molecular weight excluding hydrogens is 215 g/mol. The van der Waals surface area contributed by atoms with E-state index in [1.165, 1.54) is 12.1 Å². The topological polar surface area (TPSA) is 43.4 Å². The monoisotopic (exact) mass is 216 g/mol. The molecule has 1 aromatic carbocycles. The van der Waals surface area contributed by atoms with E-state index >= 15 is 0 Å². The van der Waals surface area contributed by atoms with Crippen molar-refractivity contribution in [2.24, 2.45) is 0 Å². The Balaban J connectivity index is 2.81. The summed E-state index contributed by atoms with van der Waals surface area (Å²) in [5, 5.41) is 0.250. The molecule has 2 rings (SSSR count). The van der Waals surface area contributed by atoms with Crippen LogP contribution in [0.1, 0.15) is 20.7 Å². The lowest BCUT2D eigenvalue weighted by molar-refractivity contribution is 0.0385. The van der Waals surface area contributed by atoms with Crippen molar-refractivity contribution in [3.63, 3.8) is 0 Å². The maximum atomic E-state index is 11.1. The molecule has 1 heterocycles. The maximum absolute atomic E-state index is 11.1. The van der Waals surface area contributed by atoms with E-state index in [-0.39, 0.29) is 21.2 Å². The van der Waals surface area contributed by atoms with Gasteiger partial charge in [-0.25, -0.2) is 9.59 Å². The van der Waals surface area contributed by atoms with E-state index in [4.69, 9.17) is 23.2 Å².